The molecule has 1 aromatic carbocycles. The van der Waals surface area contributed by atoms with Gasteiger partial charge in [0.1, 0.15) is 5.75 Å². The molecular formula is C20H25F3N4O3S. The Bertz CT molecular complexity index is 971. The van der Waals surface area contributed by atoms with Gasteiger partial charge in [-0.3, -0.25) is 9.59 Å². The van der Waals surface area contributed by atoms with Crippen LogP contribution in [0, 0.1) is 5.41 Å². The van der Waals surface area contributed by atoms with Crippen molar-refractivity contribution in [3.05, 3.63) is 18.2 Å². The molecule has 0 aliphatic carbocycles. The third kappa shape index (κ3) is 5.85. The quantitative estimate of drug-likeness (QED) is 0.709. The molecule has 2 aromatic rings. The van der Waals surface area contributed by atoms with Crippen LogP contribution >= 0.6 is 11.3 Å². The van der Waals surface area contributed by atoms with Crippen molar-refractivity contribution in [2.24, 2.45) is 11.1 Å². The first-order chi connectivity index (χ1) is 14.3. The van der Waals surface area contributed by atoms with Gasteiger partial charge >= 0.3 is 6.36 Å². The van der Waals surface area contributed by atoms with Gasteiger partial charge in [0.05, 0.1) is 16.3 Å². The molecule has 0 saturated carbocycles. The Hall–Kier alpha value is -2.40. The number of fused-ring (bicyclic) bond motifs is 1. The van der Waals surface area contributed by atoms with E-state index in [0.717, 1.165) is 17.8 Å². The van der Waals surface area contributed by atoms with E-state index in [1.54, 1.807) is 4.90 Å². The first-order valence-corrected chi connectivity index (χ1v) is 10.7. The monoisotopic (exact) mass is 458 g/mol. The Balaban J connectivity index is 1.64. The van der Waals surface area contributed by atoms with Crippen molar-refractivity contribution in [2.45, 2.75) is 58.5 Å². The number of alkyl halides is 3. The number of carbonyl (C=O) groups is 2. The molecule has 170 valence electrons. The number of thiazole rings is 1. The molecule has 2 heterocycles. The molecule has 1 unspecified atom stereocenters. The molecule has 2 amide bonds. The number of nitrogens with one attached hydrogen (secondary N) is 1. The number of anilines is 1. The predicted octanol–water partition coefficient (Wildman–Crippen LogP) is 3.89. The maximum absolute atomic E-state index is 12.8. The van der Waals surface area contributed by atoms with Gasteiger partial charge in [-0.25, -0.2) is 4.98 Å². The Labute approximate surface area is 181 Å². The Kier molecular flexibility index (Phi) is 6.47. The summed E-state index contributed by atoms with van der Waals surface area (Å²) in [5.74, 6) is -0.836. The zero-order valence-electron chi connectivity index (χ0n) is 17.5. The second kappa shape index (κ2) is 8.62. The van der Waals surface area contributed by atoms with E-state index in [4.69, 9.17) is 5.73 Å². The topological polar surface area (TPSA) is 97.6 Å². The highest BCUT2D eigenvalue weighted by atomic mass is 32.1. The van der Waals surface area contributed by atoms with Gasteiger partial charge in [-0.05, 0) is 30.4 Å². The first kappa shape index (κ1) is 23.3. The molecule has 1 fully saturated rings. The Morgan fingerprint density at radius 2 is 2.06 bits per heavy atom. The molecule has 31 heavy (non-hydrogen) atoms. The van der Waals surface area contributed by atoms with Crippen LogP contribution in [0.15, 0.2) is 18.2 Å². The number of aromatic nitrogens is 1. The summed E-state index contributed by atoms with van der Waals surface area (Å²) in [5.41, 5.74) is 6.16. The minimum Gasteiger partial charge on any atom is -0.406 e. The summed E-state index contributed by atoms with van der Waals surface area (Å²) in [4.78, 5) is 31.2. The zero-order chi connectivity index (χ0) is 23.0. The number of halogens is 3. The molecule has 1 aliphatic heterocycles. The number of amides is 2. The fourth-order valence-electron chi connectivity index (χ4n) is 3.43. The van der Waals surface area contributed by atoms with Crippen molar-refractivity contribution in [3.8, 4) is 5.75 Å². The molecule has 7 nitrogen and oxygen atoms in total. The van der Waals surface area contributed by atoms with Crippen molar-refractivity contribution < 1.29 is 27.5 Å². The lowest BCUT2D eigenvalue weighted by Gasteiger charge is -2.32. The number of ether oxygens (including phenoxy) is 1. The fourth-order valence-corrected chi connectivity index (χ4v) is 4.34. The van der Waals surface area contributed by atoms with Crippen LogP contribution in [0.5, 0.6) is 5.75 Å². The normalized spacial score (nSPS) is 18.3. The third-order valence-corrected chi connectivity index (χ3v) is 6.05. The predicted molar refractivity (Wildman–Crippen MR) is 112 cm³/mol. The molecule has 3 N–H and O–H groups in total. The summed E-state index contributed by atoms with van der Waals surface area (Å²) in [7, 11) is 0. The molecular weight excluding hydrogens is 433 g/mol. The van der Waals surface area contributed by atoms with Crippen LogP contribution in [0.25, 0.3) is 10.2 Å². The smallest absolute Gasteiger partial charge is 0.406 e. The highest BCUT2D eigenvalue weighted by Gasteiger charge is 2.37. The van der Waals surface area contributed by atoms with Crippen molar-refractivity contribution >= 4 is 38.5 Å². The van der Waals surface area contributed by atoms with Crippen LogP contribution in [0.3, 0.4) is 0 Å². The molecule has 0 spiro atoms. The van der Waals surface area contributed by atoms with Crippen LogP contribution in [0.2, 0.25) is 0 Å². The zero-order valence-corrected chi connectivity index (χ0v) is 18.3. The van der Waals surface area contributed by atoms with Crippen molar-refractivity contribution in [2.75, 3.05) is 11.9 Å². The molecule has 1 saturated heterocycles. The Morgan fingerprint density at radius 3 is 2.71 bits per heavy atom. The lowest BCUT2D eigenvalue weighted by molar-refractivity contribution is -0.274. The molecule has 0 bridgehead atoms. The lowest BCUT2D eigenvalue weighted by atomic mass is 9.86. The van der Waals surface area contributed by atoms with Crippen molar-refractivity contribution in [3.63, 3.8) is 0 Å². The minimum absolute atomic E-state index is 0.0982. The van der Waals surface area contributed by atoms with E-state index in [-0.39, 0.29) is 40.6 Å². The number of carbonyl (C=O) groups excluding carboxylic acids is 2. The fraction of sp³-hybridized carbons (Fsp3) is 0.550. The van der Waals surface area contributed by atoms with Crippen LogP contribution in [0.4, 0.5) is 18.3 Å². The average molecular weight is 459 g/mol. The number of likely N-dealkylation sites (tertiary alicyclic amines) is 1. The number of hydrogen-bond donors (Lipinski definition) is 2. The van der Waals surface area contributed by atoms with Gasteiger partial charge < -0.3 is 20.7 Å². The number of benzene rings is 1. The van der Waals surface area contributed by atoms with Gasteiger partial charge in [0.15, 0.2) is 5.13 Å². The van der Waals surface area contributed by atoms with Gasteiger partial charge in [0.2, 0.25) is 11.8 Å². The summed E-state index contributed by atoms with van der Waals surface area (Å²) in [6, 6.07) is 2.88. The Morgan fingerprint density at radius 1 is 1.35 bits per heavy atom. The van der Waals surface area contributed by atoms with Gasteiger partial charge in [0.25, 0.3) is 0 Å². The summed E-state index contributed by atoms with van der Waals surface area (Å²) in [5, 5.41) is 2.95. The van der Waals surface area contributed by atoms with Crippen molar-refractivity contribution in [1.82, 2.24) is 9.88 Å². The number of nitrogens with zero attached hydrogens (tertiary/aromatic N) is 2. The second-order valence-electron chi connectivity index (χ2n) is 8.62. The number of hydrogen-bond acceptors (Lipinski definition) is 6. The van der Waals surface area contributed by atoms with Crippen LogP contribution in [-0.2, 0) is 9.59 Å². The molecule has 0 radical (unpaired) electrons. The standard InChI is InChI=1S/C20H25F3N4O3S/c1-19(2,3)16(24)17(29)27-8-4-5-11(27)9-15(28)26-18-25-13-7-6-12(10-14(13)31-18)30-20(21,22)23/h6-7,10-11,16H,4-5,8-9,24H2,1-3H3,(H,25,26,28)/t11-,16?/m0/s1. The average Bonchev–Trinajstić information content (AvgIpc) is 3.24. The summed E-state index contributed by atoms with van der Waals surface area (Å²) in [6.07, 6.45) is -3.19. The maximum atomic E-state index is 12.8. The van der Waals surface area contributed by atoms with Crippen LogP contribution in [0.1, 0.15) is 40.0 Å². The van der Waals surface area contributed by atoms with Crippen LogP contribution in [-0.4, -0.2) is 46.7 Å². The first-order valence-electron chi connectivity index (χ1n) is 9.86. The lowest BCUT2D eigenvalue weighted by Crippen LogP contribution is -2.52. The van der Waals surface area contributed by atoms with E-state index in [2.05, 4.69) is 15.0 Å². The SMILES string of the molecule is CC(C)(C)C(N)C(=O)N1CCC[C@H]1CC(=O)Nc1nc2ccc(OC(F)(F)F)cc2s1. The van der Waals surface area contributed by atoms with Gasteiger partial charge in [-0.2, -0.15) is 0 Å². The van der Waals surface area contributed by atoms with Gasteiger partial charge in [0, 0.05) is 25.1 Å². The molecule has 1 aliphatic rings. The minimum atomic E-state index is -4.78. The molecule has 1 aromatic heterocycles. The maximum Gasteiger partial charge on any atom is 0.573 e. The van der Waals surface area contributed by atoms with Gasteiger partial charge in [-0.1, -0.05) is 32.1 Å². The van der Waals surface area contributed by atoms with E-state index in [1.807, 2.05) is 20.8 Å². The van der Waals surface area contributed by atoms with E-state index in [9.17, 15) is 22.8 Å². The van der Waals surface area contributed by atoms with E-state index in [1.165, 1.54) is 18.2 Å². The summed E-state index contributed by atoms with van der Waals surface area (Å²) >= 11 is 1.05. The highest BCUT2D eigenvalue weighted by Crippen LogP contribution is 2.32. The summed E-state index contributed by atoms with van der Waals surface area (Å²) < 4.78 is 41.5. The van der Waals surface area contributed by atoms with E-state index >= 15 is 0 Å². The molecule has 3 rings (SSSR count). The summed E-state index contributed by atoms with van der Waals surface area (Å²) in [6.45, 7) is 6.24. The largest absolute Gasteiger partial charge is 0.573 e. The van der Waals surface area contributed by atoms with Crippen LogP contribution < -0.4 is 15.8 Å². The van der Waals surface area contributed by atoms with E-state index in [0.29, 0.717) is 23.2 Å². The second-order valence-corrected chi connectivity index (χ2v) is 9.65. The number of nitrogens with two attached hydrogens (primary N) is 1. The molecule has 2 atom stereocenters. The number of rotatable bonds is 5. The highest BCUT2D eigenvalue weighted by molar-refractivity contribution is 7.22. The van der Waals surface area contributed by atoms with Crippen molar-refractivity contribution in [1.29, 1.82) is 0 Å². The van der Waals surface area contributed by atoms with Gasteiger partial charge in [-0.15, -0.1) is 13.2 Å². The third-order valence-electron chi connectivity index (χ3n) is 5.12. The van der Waals surface area contributed by atoms with E-state index < -0.39 is 12.4 Å². The molecule has 11 heteroatoms.